The van der Waals surface area contributed by atoms with Crippen LogP contribution in [0.2, 0.25) is 0 Å². The summed E-state index contributed by atoms with van der Waals surface area (Å²) in [7, 11) is 1.46. The fourth-order valence-corrected chi connectivity index (χ4v) is 3.13. The highest BCUT2D eigenvalue weighted by molar-refractivity contribution is 5.78. The van der Waals surface area contributed by atoms with E-state index in [9.17, 15) is 4.79 Å². The molecule has 0 amide bonds. The van der Waals surface area contributed by atoms with Gasteiger partial charge in [0.05, 0.1) is 13.0 Å². The van der Waals surface area contributed by atoms with Crippen LogP contribution in [0, 0.1) is 11.8 Å². The minimum Gasteiger partial charge on any atom is -0.469 e. The second kappa shape index (κ2) is 8.18. The molecule has 0 aromatic heterocycles. The summed E-state index contributed by atoms with van der Waals surface area (Å²) >= 11 is 0. The molecule has 1 fully saturated rings. The van der Waals surface area contributed by atoms with Crippen LogP contribution in [0.25, 0.3) is 0 Å². The molecule has 0 spiro atoms. The molecule has 3 heteroatoms. The van der Waals surface area contributed by atoms with Crippen molar-refractivity contribution >= 4 is 5.97 Å². The second-order valence-electron chi connectivity index (χ2n) is 6.27. The number of hydrogen-bond acceptors (Lipinski definition) is 3. The molecular formula is C18H27NO2. The van der Waals surface area contributed by atoms with E-state index in [1.807, 2.05) is 30.3 Å². The number of carbonyl (C=O) groups is 1. The summed E-state index contributed by atoms with van der Waals surface area (Å²) in [6.07, 6.45) is 5.29. The average molecular weight is 289 g/mol. The van der Waals surface area contributed by atoms with Gasteiger partial charge in [-0.3, -0.25) is 4.79 Å². The Hall–Kier alpha value is -1.35. The van der Waals surface area contributed by atoms with E-state index in [0.717, 1.165) is 23.9 Å². The molecule has 0 aliphatic heterocycles. The van der Waals surface area contributed by atoms with E-state index in [2.05, 4.69) is 12.2 Å². The van der Waals surface area contributed by atoms with Crippen LogP contribution in [-0.4, -0.2) is 26.2 Å². The van der Waals surface area contributed by atoms with E-state index in [4.69, 9.17) is 4.74 Å². The van der Waals surface area contributed by atoms with Crippen LogP contribution in [0.1, 0.15) is 44.1 Å². The molecule has 1 N–H and O–H groups in total. The quantitative estimate of drug-likeness (QED) is 0.816. The van der Waals surface area contributed by atoms with Crippen molar-refractivity contribution in [3.05, 3.63) is 35.9 Å². The molecule has 21 heavy (non-hydrogen) atoms. The standard InChI is InChI=1S/C18H27NO2/c1-14-8-10-15(11-9-14)12-19-13-17(18(20)21-2)16-6-4-3-5-7-16/h3-7,14-15,17,19H,8-13H2,1-2H3. The molecule has 0 saturated heterocycles. The lowest BCUT2D eigenvalue weighted by molar-refractivity contribution is -0.142. The summed E-state index contributed by atoms with van der Waals surface area (Å²) in [5.74, 6) is 1.27. The fourth-order valence-electron chi connectivity index (χ4n) is 3.13. The molecule has 0 bridgehead atoms. The molecule has 116 valence electrons. The van der Waals surface area contributed by atoms with Gasteiger partial charge in [-0.1, -0.05) is 50.1 Å². The molecule has 3 nitrogen and oxygen atoms in total. The van der Waals surface area contributed by atoms with Gasteiger partial charge in [-0.15, -0.1) is 0 Å². The van der Waals surface area contributed by atoms with Gasteiger partial charge in [0, 0.05) is 6.54 Å². The van der Waals surface area contributed by atoms with E-state index in [-0.39, 0.29) is 11.9 Å². The predicted molar refractivity (Wildman–Crippen MR) is 85.2 cm³/mol. The number of ether oxygens (including phenoxy) is 1. The Labute approximate surface area is 128 Å². The fraction of sp³-hybridized carbons (Fsp3) is 0.611. The average Bonchev–Trinajstić information content (AvgIpc) is 2.53. The number of carbonyl (C=O) groups excluding carboxylic acids is 1. The zero-order valence-electron chi connectivity index (χ0n) is 13.2. The molecule has 1 aromatic rings. The lowest BCUT2D eigenvalue weighted by atomic mass is 9.83. The van der Waals surface area contributed by atoms with Crippen molar-refractivity contribution in [1.82, 2.24) is 5.32 Å². The first kappa shape index (κ1) is 16.0. The third-order valence-electron chi connectivity index (χ3n) is 4.60. The van der Waals surface area contributed by atoms with Crippen LogP contribution >= 0.6 is 0 Å². The van der Waals surface area contributed by atoms with Crippen LogP contribution < -0.4 is 5.32 Å². The van der Waals surface area contributed by atoms with Crippen LogP contribution in [0.15, 0.2) is 30.3 Å². The highest BCUT2D eigenvalue weighted by atomic mass is 16.5. The van der Waals surface area contributed by atoms with Crippen molar-refractivity contribution in [2.45, 2.75) is 38.5 Å². The monoisotopic (exact) mass is 289 g/mol. The van der Waals surface area contributed by atoms with Crippen LogP contribution in [-0.2, 0) is 9.53 Å². The number of rotatable bonds is 6. The van der Waals surface area contributed by atoms with Crippen molar-refractivity contribution in [3.63, 3.8) is 0 Å². The molecule has 1 saturated carbocycles. The summed E-state index contributed by atoms with van der Waals surface area (Å²) in [5, 5.41) is 3.48. The van der Waals surface area contributed by atoms with Gasteiger partial charge < -0.3 is 10.1 Å². The molecule has 0 heterocycles. The first-order valence-electron chi connectivity index (χ1n) is 8.04. The van der Waals surface area contributed by atoms with E-state index >= 15 is 0 Å². The lowest BCUT2D eigenvalue weighted by Crippen LogP contribution is -2.32. The maximum Gasteiger partial charge on any atom is 0.314 e. The number of methoxy groups -OCH3 is 1. The number of benzene rings is 1. The third-order valence-corrected chi connectivity index (χ3v) is 4.60. The molecule has 1 aliphatic rings. The first-order chi connectivity index (χ1) is 10.2. The molecule has 1 aliphatic carbocycles. The van der Waals surface area contributed by atoms with Gasteiger partial charge in [-0.05, 0) is 36.8 Å². The topological polar surface area (TPSA) is 38.3 Å². The Morgan fingerprint density at radius 1 is 1.24 bits per heavy atom. The molecule has 1 unspecified atom stereocenters. The highest BCUT2D eigenvalue weighted by Crippen LogP contribution is 2.27. The molecule has 1 aromatic carbocycles. The van der Waals surface area contributed by atoms with Gasteiger partial charge in [0.1, 0.15) is 0 Å². The highest BCUT2D eigenvalue weighted by Gasteiger charge is 2.22. The number of nitrogens with one attached hydrogen (secondary N) is 1. The summed E-state index contributed by atoms with van der Waals surface area (Å²) < 4.78 is 4.94. The van der Waals surface area contributed by atoms with Gasteiger partial charge in [0.15, 0.2) is 0 Å². The Balaban J connectivity index is 1.84. The van der Waals surface area contributed by atoms with Crippen molar-refractivity contribution < 1.29 is 9.53 Å². The van der Waals surface area contributed by atoms with E-state index in [1.54, 1.807) is 0 Å². The number of hydrogen-bond donors (Lipinski definition) is 1. The summed E-state index contributed by atoms with van der Waals surface area (Å²) in [6.45, 7) is 4.00. The van der Waals surface area contributed by atoms with Gasteiger partial charge in [0.25, 0.3) is 0 Å². The molecule has 1 atom stereocenters. The van der Waals surface area contributed by atoms with E-state index in [1.165, 1.54) is 32.8 Å². The van der Waals surface area contributed by atoms with Crippen molar-refractivity contribution in [1.29, 1.82) is 0 Å². The summed E-state index contributed by atoms with van der Waals surface area (Å²) in [6, 6.07) is 9.88. The van der Waals surface area contributed by atoms with Crippen molar-refractivity contribution in [2.75, 3.05) is 20.2 Å². The Bertz CT molecular complexity index is 424. The maximum absolute atomic E-state index is 12.0. The van der Waals surface area contributed by atoms with Gasteiger partial charge in [0.2, 0.25) is 0 Å². The molecule has 2 rings (SSSR count). The van der Waals surface area contributed by atoms with Crippen molar-refractivity contribution in [2.24, 2.45) is 11.8 Å². The van der Waals surface area contributed by atoms with Gasteiger partial charge in [-0.2, -0.15) is 0 Å². The Morgan fingerprint density at radius 3 is 2.52 bits per heavy atom. The second-order valence-corrected chi connectivity index (χ2v) is 6.27. The minimum atomic E-state index is -0.210. The van der Waals surface area contributed by atoms with E-state index < -0.39 is 0 Å². The molecule has 0 radical (unpaired) electrons. The first-order valence-corrected chi connectivity index (χ1v) is 8.04. The predicted octanol–water partition coefficient (Wildman–Crippen LogP) is 3.36. The maximum atomic E-state index is 12.0. The van der Waals surface area contributed by atoms with Crippen LogP contribution in [0.4, 0.5) is 0 Å². The zero-order valence-corrected chi connectivity index (χ0v) is 13.2. The molecular weight excluding hydrogens is 262 g/mol. The van der Waals surface area contributed by atoms with Gasteiger partial charge >= 0.3 is 5.97 Å². The lowest BCUT2D eigenvalue weighted by Gasteiger charge is -2.27. The van der Waals surface area contributed by atoms with Crippen LogP contribution in [0.5, 0.6) is 0 Å². The number of esters is 1. The van der Waals surface area contributed by atoms with Crippen molar-refractivity contribution in [3.8, 4) is 0 Å². The zero-order chi connectivity index (χ0) is 15.1. The normalized spacial score (nSPS) is 23.5. The third kappa shape index (κ3) is 4.85. The van der Waals surface area contributed by atoms with Gasteiger partial charge in [-0.25, -0.2) is 0 Å². The minimum absolute atomic E-state index is 0.161. The largest absolute Gasteiger partial charge is 0.469 e. The summed E-state index contributed by atoms with van der Waals surface area (Å²) in [5.41, 5.74) is 1.02. The Morgan fingerprint density at radius 2 is 1.90 bits per heavy atom. The Kier molecular flexibility index (Phi) is 6.24. The van der Waals surface area contributed by atoms with E-state index in [0.29, 0.717) is 6.54 Å². The SMILES string of the molecule is COC(=O)C(CNCC1CCC(C)CC1)c1ccccc1. The van der Waals surface area contributed by atoms with Crippen LogP contribution in [0.3, 0.4) is 0 Å². The summed E-state index contributed by atoms with van der Waals surface area (Å²) in [4.78, 5) is 12.0. The smallest absolute Gasteiger partial charge is 0.314 e.